The molecule has 5 nitrogen and oxygen atoms in total. The summed E-state index contributed by atoms with van der Waals surface area (Å²) in [6.45, 7) is 1.29. The minimum Gasteiger partial charge on any atom is -0.481 e. The molecule has 0 aliphatic carbocycles. The molecule has 0 spiro atoms. The normalized spacial score (nSPS) is 19.4. The number of ether oxygens (including phenoxy) is 1. The van der Waals surface area contributed by atoms with Crippen LogP contribution in [0.3, 0.4) is 0 Å². The Balaban J connectivity index is 1.89. The summed E-state index contributed by atoms with van der Waals surface area (Å²) in [5, 5.41) is 12.9. The number of nitrogens with zero attached hydrogens (tertiary/aromatic N) is 1. The number of morpholine rings is 1. The summed E-state index contributed by atoms with van der Waals surface area (Å²) < 4.78 is 5.26. The van der Waals surface area contributed by atoms with Crippen LogP contribution in [0.1, 0.15) is 18.4 Å². The highest BCUT2D eigenvalue weighted by Gasteiger charge is 2.28. The molecule has 1 N–H and O–H groups in total. The molecule has 2 heterocycles. The van der Waals surface area contributed by atoms with Crippen molar-refractivity contribution in [2.24, 2.45) is 0 Å². The van der Waals surface area contributed by atoms with Crippen molar-refractivity contribution in [2.75, 3.05) is 19.8 Å². The highest BCUT2D eigenvalue weighted by Crippen LogP contribution is 2.15. The number of thiophene rings is 1. The van der Waals surface area contributed by atoms with E-state index < -0.39 is 5.97 Å². The van der Waals surface area contributed by atoms with Crippen molar-refractivity contribution in [1.29, 1.82) is 0 Å². The Morgan fingerprint density at radius 2 is 2.37 bits per heavy atom. The number of aryl methyl sites for hydroxylation is 1. The highest BCUT2D eigenvalue weighted by atomic mass is 32.1. The van der Waals surface area contributed by atoms with Crippen LogP contribution in [0.4, 0.5) is 0 Å². The zero-order valence-corrected chi connectivity index (χ0v) is 11.4. The standard InChI is InChI=1S/C13H17NO4S/c15-12(2-1-10-3-6-19-9-10)14-4-5-18-8-11(14)7-13(16)17/h3,6,9,11H,1-2,4-5,7-8H2,(H,16,17). The minimum atomic E-state index is -0.897. The van der Waals surface area contributed by atoms with Gasteiger partial charge in [-0.3, -0.25) is 9.59 Å². The van der Waals surface area contributed by atoms with E-state index in [2.05, 4.69) is 0 Å². The van der Waals surface area contributed by atoms with Crippen LogP contribution in [-0.2, 0) is 20.7 Å². The second-order valence-electron chi connectivity index (χ2n) is 4.55. The van der Waals surface area contributed by atoms with Crippen molar-refractivity contribution in [1.82, 2.24) is 4.90 Å². The second kappa shape index (κ2) is 6.68. The number of hydrogen-bond acceptors (Lipinski definition) is 4. The first-order valence-electron chi connectivity index (χ1n) is 6.27. The van der Waals surface area contributed by atoms with Crippen LogP contribution in [0.15, 0.2) is 16.8 Å². The van der Waals surface area contributed by atoms with Crippen LogP contribution in [0.25, 0.3) is 0 Å². The Hall–Kier alpha value is -1.40. The van der Waals surface area contributed by atoms with Crippen molar-refractivity contribution in [3.63, 3.8) is 0 Å². The molecule has 1 aliphatic rings. The van der Waals surface area contributed by atoms with Gasteiger partial charge in [-0.2, -0.15) is 11.3 Å². The molecule has 0 aromatic carbocycles. The van der Waals surface area contributed by atoms with Gasteiger partial charge in [0.2, 0.25) is 5.91 Å². The molecule has 0 radical (unpaired) electrons. The van der Waals surface area contributed by atoms with Gasteiger partial charge in [0, 0.05) is 13.0 Å². The Labute approximate surface area is 115 Å². The van der Waals surface area contributed by atoms with E-state index in [1.165, 1.54) is 0 Å². The van der Waals surface area contributed by atoms with Gasteiger partial charge >= 0.3 is 5.97 Å². The van der Waals surface area contributed by atoms with Crippen LogP contribution in [0.5, 0.6) is 0 Å². The molecule has 1 fully saturated rings. The monoisotopic (exact) mass is 283 g/mol. The Bertz CT molecular complexity index is 432. The third-order valence-electron chi connectivity index (χ3n) is 3.17. The second-order valence-corrected chi connectivity index (χ2v) is 5.33. The van der Waals surface area contributed by atoms with Crippen LogP contribution in [0, 0.1) is 0 Å². The molecule has 19 heavy (non-hydrogen) atoms. The van der Waals surface area contributed by atoms with Crippen LogP contribution in [-0.4, -0.2) is 47.7 Å². The first-order chi connectivity index (χ1) is 9.16. The first kappa shape index (κ1) is 14.0. The van der Waals surface area contributed by atoms with Gasteiger partial charge in [0.15, 0.2) is 0 Å². The zero-order chi connectivity index (χ0) is 13.7. The highest BCUT2D eigenvalue weighted by molar-refractivity contribution is 7.07. The molecule has 0 saturated carbocycles. The first-order valence-corrected chi connectivity index (χ1v) is 7.21. The van der Waals surface area contributed by atoms with E-state index in [-0.39, 0.29) is 18.4 Å². The third-order valence-corrected chi connectivity index (χ3v) is 3.90. The number of carbonyl (C=O) groups is 2. The summed E-state index contributed by atoms with van der Waals surface area (Å²) >= 11 is 1.61. The van der Waals surface area contributed by atoms with Crippen LogP contribution < -0.4 is 0 Å². The fourth-order valence-electron chi connectivity index (χ4n) is 2.18. The lowest BCUT2D eigenvalue weighted by molar-refractivity contribution is -0.146. The Morgan fingerprint density at radius 1 is 1.53 bits per heavy atom. The average molecular weight is 283 g/mol. The lowest BCUT2D eigenvalue weighted by atomic mass is 10.1. The molecule has 1 amide bonds. The van der Waals surface area contributed by atoms with Crippen molar-refractivity contribution < 1.29 is 19.4 Å². The summed E-state index contributed by atoms with van der Waals surface area (Å²) in [6, 6.07) is 1.67. The third kappa shape index (κ3) is 4.04. The predicted octanol–water partition coefficient (Wildman–Crippen LogP) is 1.38. The summed E-state index contributed by atoms with van der Waals surface area (Å²) in [5.74, 6) is -0.883. The maximum atomic E-state index is 12.2. The maximum absolute atomic E-state index is 12.2. The van der Waals surface area contributed by atoms with Crippen molar-refractivity contribution in [2.45, 2.75) is 25.3 Å². The number of carboxylic acid groups (broad SMARTS) is 1. The SMILES string of the molecule is O=C(O)CC1COCCN1C(=O)CCc1ccsc1. The molecular weight excluding hydrogens is 266 g/mol. The number of carboxylic acids is 1. The van der Waals surface area contributed by atoms with Gasteiger partial charge < -0.3 is 14.7 Å². The van der Waals surface area contributed by atoms with E-state index in [0.29, 0.717) is 32.6 Å². The van der Waals surface area contributed by atoms with E-state index in [1.807, 2.05) is 16.8 Å². The van der Waals surface area contributed by atoms with Crippen molar-refractivity contribution in [3.05, 3.63) is 22.4 Å². The molecule has 0 bridgehead atoms. The fourth-order valence-corrected chi connectivity index (χ4v) is 2.89. The van der Waals surface area contributed by atoms with E-state index in [9.17, 15) is 9.59 Å². The van der Waals surface area contributed by atoms with Gasteiger partial charge in [0.1, 0.15) is 0 Å². The van der Waals surface area contributed by atoms with E-state index in [1.54, 1.807) is 16.2 Å². The average Bonchev–Trinajstić information content (AvgIpc) is 2.89. The summed E-state index contributed by atoms with van der Waals surface area (Å²) in [7, 11) is 0. The molecular formula is C13H17NO4S. The van der Waals surface area contributed by atoms with Gasteiger partial charge in [0.25, 0.3) is 0 Å². The lowest BCUT2D eigenvalue weighted by Crippen LogP contribution is -2.49. The van der Waals surface area contributed by atoms with Gasteiger partial charge in [-0.25, -0.2) is 0 Å². The lowest BCUT2D eigenvalue weighted by Gasteiger charge is -2.34. The number of amides is 1. The molecule has 1 aliphatic heterocycles. The fraction of sp³-hybridized carbons (Fsp3) is 0.538. The van der Waals surface area contributed by atoms with Gasteiger partial charge in [-0.1, -0.05) is 0 Å². The number of rotatable bonds is 5. The van der Waals surface area contributed by atoms with Gasteiger partial charge in [-0.05, 0) is 28.8 Å². The quantitative estimate of drug-likeness (QED) is 0.886. The molecule has 1 atom stereocenters. The van der Waals surface area contributed by atoms with Crippen molar-refractivity contribution in [3.8, 4) is 0 Å². The molecule has 1 unspecified atom stereocenters. The zero-order valence-electron chi connectivity index (χ0n) is 10.6. The Morgan fingerprint density at radius 3 is 3.05 bits per heavy atom. The number of aliphatic carboxylic acids is 1. The van der Waals surface area contributed by atoms with E-state index in [4.69, 9.17) is 9.84 Å². The summed E-state index contributed by atoms with van der Waals surface area (Å²) in [6.07, 6.45) is 1.08. The molecule has 1 aromatic heterocycles. The smallest absolute Gasteiger partial charge is 0.305 e. The molecule has 1 saturated heterocycles. The van der Waals surface area contributed by atoms with Crippen LogP contribution in [0.2, 0.25) is 0 Å². The van der Waals surface area contributed by atoms with E-state index in [0.717, 1.165) is 5.56 Å². The largest absolute Gasteiger partial charge is 0.481 e. The van der Waals surface area contributed by atoms with Crippen LogP contribution >= 0.6 is 11.3 Å². The van der Waals surface area contributed by atoms with Gasteiger partial charge in [0.05, 0.1) is 25.7 Å². The van der Waals surface area contributed by atoms with E-state index >= 15 is 0 Å². The minimum absolute atomic E-state index is 0.0146. The van der Waals surface area contributed by atoms with Gasteiger partial charge in [-0.15, -0.1) is 0 Å². The van der Waals surface area contributed by atoms with Crippen molar-refractivity contribution >= 4 is 23.2 Å². The molecule has 6 heteroatoms. The number of hydrogen-bond donors (Lipinski definition) is 1. The summed E-state index contributed by atoms with van der Waals surface area (Å²) in [4.78, 5) is 24.6. The summed E-state index contributed by atoms with van der Waals surface area (Å²) in [5.41, 5.74) is 1.15. The maximum Gasteiger partial charge on any atom is 0.305 e. The number of carbonyl (C=O) groups excluding carboxylic acids is 1. The topological polar surface area (TPSA) is 66.8 Å². The molecule has 2 rings (SSSR count). The molecule has 1 aromatic rings. The molecule has 104 valence electrons. The predicted molar refractivity (Wildman–Crippen MR) is 71.2 cm³/mol. The Kier molecular flexibility index (Phi) is 4.93.